The van der Waals surface area contributed by atoms with E-state index < -0.39 is 27.2 Å². The quantitative estimate of drug-likeness (QED) is 0.334. The Morgan fingerprint density at radius 2 is 1.97 bits per heavy atom. The maximum absolute atomic E-state index is 15.0. The molecule has 7 nitrogen and oxygen atoms in total. The number of hydrogen-bond acceptors (Lipinski definition) is 6. The number of pyridine rings is 1. The average Bonchev–Trinajstić information content (AvgIpc) is 2.80. The molecule has 1 unspecified atom stereocenters. The van der Waals surface area contributed by atoms with Gasteiger partial charge in [0.05, 0.1) is 5.69 Å². The molecule has 0 spiro atoms. The fourth-order valence-corrected chi connectivity index (χ4v) is 4.09. The Labute approximate surface area is 194 Å². The van der Waals surface area contributed by atoms with Gasteiger partial charge in [-0.2, -0.15) is 0 Å². The van der Waals surface area contributed by atoms with Crippen molar-refractivity contribution in [2.24, 2.45) is 0 Å². The molecule has 0 fully saturated rings. The second-order valence-electron chi connectivity index (χ2n) is 7.56. The first-order valence-corrected chi connectivity index (χ1v) is 12.1. The Balaban J connectivity index is 1.68. The zero-order valence-electron chi connectivity index (χ0n) is 18.4. The lowest BCUT2D eigenvalue weighted by Crippen LogP contribution is -2.15. The van der Waals surface area contributed by atoms with Gasteiger partial charge >= 0.3 is 5.63 Å². The summed E-state index contributed by atoms with van der Waals surface area (Å²) in [6.45, 7) is 3.29. The van der Waals surface area contributed by atoms with Gasteiger partial charge < -0.3 is 9.15 Å². The van der Waals surface area contributed by atoms with Crippen LogP contribution in [0.25, 0.3) is 11.0 Å². The summed E-state index contributed by atoms with van der Waals surface area (Å²) in [5.41, 5.74) is 0.560. The predicted molar refractivity (Wildman–Crippen MR) is 126 cm³/mol. The number of nitrogens with one attached hydrogen (secondary N) is 2. The Morgan fingerprint density at radius 1 is 1.18 bits per heavy atom. The summed E-state index contributed by atoms with van der Waals surface area (Å²) >= 11 is 0. The van der Waals surface area contributed by atoms with Gasteiger partial charge in [-0.15, -0.1) is 0 Å². The summed E-state index contributed by atoms with van der Waals surface area (Å²) in [7, 11) is -3.17. The summed E-state index contributed by atoms with van der Waals surface area (Å²) in [6, 6.07) is 11.8. The molecule has 34 heavy (non-hydrogen) atoms. The molecule has 0 aliphatic rings. The molecule has 0 saturated heterocycles. The van der Waals surface area contributed by atoms with Crippen molar-refractivity contribution in [3.05, 3.63) is 93.5 Å². The number of halogens is 2. The van der Waals surface area contributed by atoms with Crippen molar-refractivity contribution in [2.75, 3.05) is 10.5 Å². The number of benzene rings is 2. The first-order valence-electron chi connectivity index (χ1n) is 10.3. The zero-order valence-corrected chi connectivity index (χ0v) is 19.2. The third kappa shape index (κ3) is 4.76. The third-order valence-electron chi connectivity index (χ3n) is 5.33. The number of aryl methyl sites for hydroxylation is 1. The number of aromatic nitrogens is 1. The summed E-state index contributed by atoms with van der Waals surface area (Å²) in [5, 5.41) is 0.610. The van der Waals surface area contributed by atoms with Gasteiger partial charge in [-0.25, -0.2) is 27.5 Å². The van der Waals surface area contributed by atoms with E-state index in [1.54, 1.807) is 32.0 Å². The van der Waals surface area contributed by atoms with Crippen LogP contribution in [0.15, 0.2) is 63.9 Å². The van der Waals surface area contributed by atoms with Crippen LogP contribution in [0.1, 0.15) is 23.6 Å². The molecule has 4 rings (SSSR count). The van der Waals surface area contributed by atoms with Gasteiger partial charge in [0.15, 0.2) is 11.6 Å². The van der Waals surface area contributed by atoms with Crippen LogP contribution in [0.5, 0.6) is 11.6 Å². The number of hydrogen-bond donors (Lipinski definition) is 2. The van der Waals surface area contributed by atoms with Crippen molar-refractivity contribution < 1.29 is 22.1 Å². The molecule has 4 aromatic rings. The highest BCUT2D eigenvalue weighted by atomic mass is 32.2. The molecule has 2 aromatic heterocycles. The van der Waals surface area contributed by atoms with E-state index in [1.807, 2.05) is 0 Å². The highest BCUT2D eigenvalue weighted by Gasteiger charge is 2.17. The lowest BCUT2D eigenvalue weighted by molar-refractivity contribution is 0.422. The molecule has 2 aromatic carbocycles. The van der Waals surface area contributed by atoms with Crippen LogP contribution in [0.2, 0.25) is 0 Å². The Kier molecular flexibility index (Phi) is 6.34. The molecule has 0 aliphatic carbocycles. The van der Waals surface area contributed by atoms with E-state index in [0.29, 0.717) is 10.9 Å². The van der Waals surface area contributed by atoms with Crippen LogP contribution in [0.4, 0.5) is 14.5 Å². The predicted octanol–water partition coefficient (Wildman–Crippen LogP) is 5.55. The summed E-state index contributed by atoms with van der Waals surface area (Å²) < 4.78 is 62.0. The van der Waals surface area contributed by atoms with E-state index in [-0.39, 0.29) is 46.2 Å². The summed E-state index contributed by atoms with van der Waals surface area (Å²) in [6.07, 6.45) is 1.33. The van der Waals surface area contributed by atoms with E-state index in [2.05, 4.69) is 9.71 Å². The van der Waals surface area contributed by atoms with E-state index in [9.17, 15) is 13.4 Å². The summed E-state index contributed by atoms with van der Waals surface area (Å²) in [5.74, 6) is -1.27. The van der Waals surface area contributed by atoms with Crippen LogP contribution >= 0.6 is 0 Å². The van der Waals surface area contributed by atoms with Crippen LogP contribution < -0.4 is 15.1 Å². The van der Waals surface area contributed by atoms with Crippen LogP contribution in [-0.4, -0.2) is 14.9 Å². The molecule has 1 atom stereocenters. The number of nitrogens with zero attached hydrogens (tertiary/aromatic N) is 1. The van der Waals surface area contributed by atoms with Gasteiger partial charge in [0.25, 0.3) is 5.88 Å². The fourth-order valence-electron chi connectivity index (χ4n) is 3.44. The van der Waals surface area contributed by atoms with Gasteiger partial charge in [0.2, 0.25) is 0 Å². The first kappa shape index (κ1) is 23.4. The standard InChI is InChI=1S/C24H21F2N3O4S/c1-3-34(27,31)29-20-8-4-6-15(22(20)26)12-18-14(2)17-10-9-16(13-21(17)33-24(18)30)32-23-19(25)7-5-11-28-23/h4-11,13H,3,12H2,1-2H3,(H2,27,29,31). The van der Waals surface area contributed by atoms with E-state index in [1.165, 1.54) is 36.5 Å². The molecular weight excluding hydrogens is 464 g/mol. The van der Waals surface area contributed by atoms with Crippen LogP contribution in [0.3, 0.4) is 0 Å². The molecule has 0 bridgehead atoms. The van der Waals surface area contributed by atoms with Crippen molar-refractivity contribution in [3.63, 3.8) is 0 Å². The van der Waals surface area contributed by atoms with Gasteiger partial charge in [-0.05, 0) is 48.4 Å². The van der Waals surface area contributed by atoms with Crippen LogP contribution in [-0.2, 0) is 16.3 Å². The minimum absolute atomic E-state index is 0.0166. The zero-order chi connectivity index (χ0) is 24.5. The smallest absolute Gasteiger partial charge is 0.340 e. The topological polar surface area (TPSA) is 105 Å². The minimum atomic E-state index is -3.17. The number of fused-ring (bicyclic) bond motifs is 1. The van der Waals surface area contributed by atoms with Crippen molar-refractivity contribution in [2.45, 2.75) is 20.3 Å². The lowest BCUT2D eigenvalue weighted by Gasteiger charge is -2.13. The highest BCUT2D eigenvalue weighted by Crippen LogP contribution is 2.29. The lowest BCUT2D eigenvalue weighted by atomic mass is 9.99. The molecule has 176 valence electrons. The number of rotatable bonds is 7. The number of ether oxygens (including phenoxy) is 1. The van der Waals surface area contributed by atoms with Crippen molar-refractivity contribution in [3.8, 4) is 11.6 Å². The molecule has 10 heteroatoms. The largest absolute Gasteiger partial charge is 0.436 e. The second-order valence-corrected chi connectivity index (χ2v) is 9.70. The van der Waals surface area contributed by atoms with Crippen molar-refractivity contribution >= 4 is 26.6 Å². The van der Waals surface area contributed by atoms with Gasteiger partial charge in [-0.3, -0.25) is 4.72 Å². The molecule has 0 aliphatic heterocycles. The van der Waals surface area contributed by atoms with E-state index in [4.69, 9.17) is 13.9 Å². The monoisotopic (exact) mass is 485 g/mol. The molecular formula is C24H21F2N3O4S. The molecule has 0 radical (unpaired) electrons. The Morgan fingerprint density at radius 3 is 2.71 bits per heavy atom. The van der Waals surface area contributed by atoms with Gasteiger partial charge in [0.1, 0.15) is 21.2 Å². The first-order chi connectivity index (χ1) is 16.2. The van der Waals surface area contributed by atoms with Crippen molar-refractivity contribution in [1.29, 1.82) is 4.78 Å². The molecule has 0 saturated carbocycles. The SMILES string of the molecule is CCS(=N)(=O)Nc1cccc(Cc2c(C)c3ccc(Oc4ncccc4F)cc3oc2=O)c1F. The fraction of sp³-hybridized carbons (Fsp3) is 0.167. The summed E-state index contributed by atoms with van der Waals surface area (Å²) in [4.78, 5) is 16.6. The molecule has 2 N–H and O–H groups in total. The van der Waals surface area contributed by atoms with Gasteiger partial charge in [-0.1, -0.05) is 19.1 Å². The highest BCUT2D eigenvalue weighted by molar-refractivity contribution is 7.93. The normalized spacial score (nSPS) is 12.9. The molecule has 0 amide bonds. The maximum Gasteiger partial charge on any atom is 0.340 e. The average molecular weight is 486 g/mol. The van der Waals surface area contributed by atoms with Gasteiger partial charge in [0, 0.05) is 35.4 Å². The Bertz CT molecular complexity index is 1550. The van der Waals surface area contributed by atoms with Crippen molar-refractivity contribution in [1.82, 2.24) is 4.98 Å². The number of anilines is 1. The molecule has 2 heterocycles. The van der Waals surface area contributed by atoms with E-state index in [0.717, 1.165) is 0 Å². The second kappa shape index (κ2) is 9.22. The van der Waals surface area contributed by atoms with E-state index >= 15 is 4.39 Å². The Hall–Kier alpha value is -3.79. The maximum atomic E-state index is 15.0. The van der Waals surface area contributed by atoms with Crippen LogP contribution in [0, 0.1) is 23.3 Å². The minimum Gasteiger partial charge on any atom is -0.436 e. The third-order valence-corrected chi connectivity index (χ3v) is 6.69.